The number of rotatable bonds is 12. The van der Waals surface area contributed by atoms with Gasteiger partial charge in [0.1, 0.15) is 0 Å². The van der Waals surface area contributed by atoms with E-state index in [1.807, 2.05) is 0 Å². The van der Waals surface area contributed by atoms with E-state index in [4.69, 9.17) is 5.11 Å². The Kier molecular flexibility index (Phi) is 12.0. The molecule has 1 N–H and O–H groups in total. The van der Waals surface area contributed by atoms with Crippen LogP contribution >= 0.6 is 0 Å². The molecule has 0 saturated carbocycles. The summed E-state index contributed by atoms with van der Waals surface area (Å²) in [5, 5.41) is 8.79. The number of hydrogen-bond donors (Lipinski definition) is 1. The van der Waals surface area contributed by atoms with Crippen molar-refractivity contribution in [2.24, 2.45) is 17.8 Å². The molecule has 110 valence electrons. The fourth-order valence-corrected chi connectivity index (χ4v) is 2.56. The second-order valence-corrected chi connectivity index (χ2v) is 6.45. The Morgan fingerprint density at radius 1 is 0.667 bits per heavy atom. The first-order valence-corrected chi connectivity index (χ1v) is 8.20. The molecule has 0 fully saturated rings. The lowest BCUT2D eigenvalue weighted by Gasteiger charge is -2.15. The SMILES string of the molecule is CCC(C)CCCC(C)CCCC(C)CCCO. The van der Waals surface area contributed by atoms with Gasteiger partial charge in [0, 0.05) is 6.61 Å². The highest BCUT2D eigenvalue weighted by molar-refractivity contribution is 4.59. The molecule has 0 aromatic rings. The lowest BCUT2D eigenvalue weighted by molar-refractivity contribution is 0.269. The first-order chi connectivity index (χ1) is 8.60. The van der Waals surface area contributed by atoms with Crippen molar-refractivity contribution in [3.05, 3.63) is 0 Å². The molecule has 0 aromatic heterocycles. The number of hydrogen-bond acceptors (Lipinski definition) is 1. The Morgan fingerprint density at radius 2 is 1.06 bits per heavy atom. The molecule has 0 radical (unpaired) electrons. The molecule has 3 unspecified atom stereocenters. The molecule has 0 aliphatic heterocycles. The molecule has 0 bridgehead atoms. The molecule has 1 nitrogen and oxygen atoms in total. The lowest BCUT2D eigenvalue weighted by atomic mass is 9.91. The Morgan fingerprint density at radius 3 is 1.44 bits per heavy atom. The molecule has 0 amide bonds. The van der Waals surface area contributed by atoms with Crippen LogP contribution in [0.25, 0.3) is 0 Å². The van der Waals surface area contributed by atoms with E-state index in [-0.39, 0.29) is 0 Å². The zero-order valence-corrected chi connectivity index (χ0v) is 13.3. The van der Waals surface area contributed by atoms with Crippen molar-refractivity contribution in [2.75, 3.05) is 6.61 Å². The highest BCUT2D eigenvalue weighted by Crippen LogP contribution is 2.21. The molecule has 3 atom stereocenters. The molecular weight excluding hydrogens is 220 g/mol. The van der Waals surface area contributed by atoms with Crippen molar-refractivity contribution in [1.82, 2.24) is 0 Å². The lowest BCUT2D eigenvalue weighted by Crippen LogP contribution is -2.01. The van der Waals surface area contributed by atoms with Gasteiger partial charge in [0.15, 0.2) is 0 Å². The van der Waals surface area contributed by atoms with E-state index in [0.717, 1.165) is 24.2 Å². The van der Waals surface area contributed by atoms with Crippen LogP contribution in [0.4, 0.5) is 0 Å². The van der Waals surface area contributed by atoms with Crippen molar-refractivity contribution < 1.29 is 5.11 Å². The molecule has 0 aliphatic rings. The van der Waals surface area contributed by atoms with E-state index in [9.17, 15) is 0 Å². The van der Waals surface area contributed by atoms with Gasteiger partial charge < -0.3 is 5.11 Å². The van der Waals surface area contributed by atoms with Crippen molar-refractivity contribution in [3.63, 3.8) is 0 Å². The number of aliphatic hydroxyl groups is 1. The van der Waals surface area contributed by atoms with Gasteiger partial charge in [-0.2, -0.15) is 0 Å². The van der Waals surface area contributed by atoms with Gasteiger partial charge in [-0.25, -0.2) is 0 Å². The van der Waals surface area contributed by atoms with Crippen LogP contribution in [0.5, 0.6) is 0 Å². The predicted octanol–water partition coefficient (Wildman–Crippen LogP) is 5.42. The Hall–Kier alpha value is -0.0400. The Labute approximate surface area is 115 Å². The van der Waals surface area contributed by atoms with Crippen LogP contribution in [0.1, 0.15) is 85.5 Å². The zero-order valence-electron chi connectivity index (χ0n) is 13.3. The Balaban J connectivity index is 3.38. The average molecular weight is 256 g/mol. The summed E-state index contributed by atoms with van der Waals surface area (Å²) in [6, 6.07) is 0. The Bertz CT molecular complexity index is 167. The van der Waals surface area contributed by atoms with E-state index >= 15 is 0 Å². The molecule has 0 heterocycles. The summed E-state index contributed by atoms with van der Waals surface area (Å²) in [7, 11) is 0. The third-order valence-corrected chi connectivity index (χ3v) is 4.34. The van der Waals surface area contributed by atoms with Crippen molar-refractivity contribution in [2.45, 2.75) is 85.5 Å². The maximum Gasteiger partial charge on any atom is 0.0431 e. The van der Waals surface area contributed by atoms with Crippen LogP contribution in [0.2, 0.25) is 0 Å². The van der Waals surface area contributed by atoms with Crippen LogP contribution in [0.15, 0.2) is 0 Å². The molecular formula is C17H36O. The fourth-order valence-electron chi connectivity index (χ4n) is 2.56. The summed E-state index contributed by atoms with van der Waals surface area (Å²) in [5.41, 5.74) is 0. The van der Waals surface area contributed by atoms with E-state index in [1.165, 1.54) is 51.4 Å². The van der Waals surface area contributed by atoms with Gasteiger partial charge in [-0.3, -0.25) is 0 Å². The smallest absolute Gasteiger partial charge is 0.0431 e. The summed E-state index contributed by atoms with van der Waals surface area (Å²) in [4.78, 5) is 0. The minimum Gasteiger partial charge on any atom is -0.396 e. The van der Waals surface area contributed by atoms with E-state index in [0.29, 0.717) is 6.61 Å². The molecule has 18 heavy (non-hydrogen) atoms. The van der Waals surface area contributed by atoms with Gasteiger partial charge in [-0.1, -0.05) is 72.6 Å². The van der Waals surface area contributed by atoms with Gasteiger partial charge in [-0.15, -0.1) is 0 Å². The summed E-state index contributed by atoms with van der Waals surface area (Å²) in [6.07, 6.45) is 11.8. The van der Waals surface area contributed by atoms with Crippen LogP contribution in [0.3, 0.4) is 0 Å². The highest BCUT2D eigenvalue weighted by atomic mass is 16.2. The van der Waals surface area contributed by atoms with Gasteiger partial charge >= 0.3 is 0 Å². The van der Waals surface area contributed by atoms with E-state index < -0.39 is 0 Å². The first kappa shape index (κ1) is 18.0. The molecule has 0 spiro atoms. The van der Waals surface area contributed by atoms with Gasteiger partial charge in [-0.05, 0) is 30.6 Å². The quantitative estimate of drug-likeness (QED) is 0.494. The van der Waals surface area contributed by atoms with Crippen molar-refractivity contribution in [3.8, 4) is 0 Å². The third kappa shape index (κ3) is 11.1. The molecule has 0 aromatic carbocycles. The summed E-state index contributed by atoms with van der Waals surface area (Å²) >= 11 is 0. The highest BCUT2D eigenvalue weighted by Gasteiger charge is 2.06. The standard InChI is InChI=1S/C17H36O/c1-5-15(2)9-6-10-16(3)11-7-12-17(4)13-8-14-18/h15-18H,5-14H2,1-4H3. The predicted molar refractivity (Wildman–Crippen MR) is 81.8 cm³/mol. The van der Waals surface area contributed by atoms with Gasteiger partial charge in [0.25, 0.3) is 0 Å². The van der Waals surface area contributed by atoms with Crippen LogP contribution in [-0.4, -0.2) is 11.7 Å². The zero-order chi connectivity index (χ0) is 13.8. The summed E-state index contributed by atoms with van der Waals surface area (Å²) in [6.45, 7) is 9.75. The van der Waals surface area contributed by atoms with Crippen LogP contribution in [0, 0.1) is 17.8 Å². The fraction of sp³-hybridized carbons (Fsp3) is 1.00. The largest absolute Gasteiger partial charge is 0.396 e. The normalized spacial score (nSPS) is 16.5. The summed E-state index contributed by atoms with van der Waals surface area (Å²) in [5.74, 6) is 2.61. The molecule has 0 rings (SSSR count). The number of aliphatic hydroxyl groups excluding tert-OH is 1. The molecule has 1 heteroatoms. The monoisotopic (exact) mass is 256 g/mol. The van der Waals surface area contributed by atoms with Crippen molar-refractivity contribution >= 4 is 0 Å². The molecule has 0 saturated heterocycles. The van der Waals surface area contributed by atoms with Crippen LogP contribution < -0.4 is 0 Å². The maximum atomic E-state index is 8.79. The van der Waals surface area contributed by atoms with E-state index in [1.54, 1.807) is 0 Å². The minimum absolute atomic E-state index is 0.357. The van der Waals surface area contributed by atoms with Gasteiger partial charge in [0.2, 0.25) is 0 Å². The van der Waals surface area contributed by atoms with Gasteiger partial charge in [0.05, 0.1) is 0 Å². The third-order valence-electron chi connectivity index (χ3n) is 4.34. The molecule has 0 aliphatic carbocycles. The maximum absolute atomic E-state index is 8.79. The topological polar surface area (TPSA) is 20.2 Å². The van der Waals surface area contributed by atoms with E-state index in [2.05, 4.69) is 27.7 Å². The van der Waals surface area contributed by atoms with Crippen molar-refractivity contribution in [1.29, 1.82) is 0 Å². The first-order valence-electron chi connectivity index (χ1n) is 8.20. The van der Waals surface area contributed by atoms with Crippen LogP contribution in [-0.2, 0) is 0 Å². The minimum atomic E-state index is 0.357. The summed E-state index contributed by atoms with van der Waals surface area (Å²) < 4.78 is 0. The second kappa shape index (κ2) is 12.0. The second-order valence-electron chi connectivity index (χ2n) is 6.45. The average Bonchev–Trinajstić information content (AvgIpc) is 2.36.